The fraction of sp³-hybridized carbons (Fsp3) is 0. The van der Waals surface area contributed by atoms with Crippen LogP contribution in [0.1, 0.15) is 0 Å². The topological polar surface area (TPSA) is 22.8 Å². The summed E-state index contributed by atoms with van der Waals surface area (Å²) in [6.45, 7) is 0. The van der Waals surface area contributed by atoms with Gasteiger partial charge in [-0.25, -0.2) is 0 Å². The molecule has 0 bridgehead atoms. The van der Waals surface area contributed by atoms with Gasteiger partial charge < -0.3 is 0 Å². The number of hydrogen-bond donors (Lipinski definition) is 0. The van der Waals surface area contributed by atoms with Gasteiger partial charge in [-0.15, -0.1) is 12.9 Å². The maximum absolute atomic E-state index is 12.1. The molecule has 0 amide bonds. The van der Waals surface area contributed by atoms with E-state index in [9.17, 15) is 17.4 Å². The van der Waals surface area contributed by atoms with Crippen molar-refractivity contribution in [2.45, 2.75) is 0 Å². The third-order valence-electron chi connectivity index (χ3n) is 0.596. The number of halogens is 4. The number of hydrogen-bond acceptors (Lipinski definition) is 1. The predicted molar refractivity (Wildman–Crippen MR) is 31.8 cm³/mol. The molecule has 0 aliphatic carbocycles. The Labute approximate surface area is 56.3 Å². The van der Waals surface area contributed by atoms with Crippen LogP contribution in [0.25, 0.3) is 0 Å². The van der Waals surface area contributed by atoms with Crippen molar-refractivity contribution < 1.29 is 17.4 Å². The summed E-state index contributed by atoms with van der Waals surface area (Å²) in [4.78, 5) is 0. The van der Waals surface area contributed by atoms with E-state index in [2.05, 4.69) is 4.51 Å². The van der Waals surface area contributed by atoms with Gasteiger partial charge in [0.2, 0.25) is 0 Å². The molecule has 2 unspecified atom stereocenters. The molecular weight excluding hydrogens is 211 g/mol. The maximum atomic E-state index is 12.1. The van der Waals surface area contributed by atoms with E-state index in [0.29, 0.717) is 0 Å². The van der Waals surface area contributed by atoms with Gasteiger partial charge in [0.25, 0.3) is 16.3 Å². The smallest absolute Gasteiger partial charge is 0.147 e. The zero-order chi connectivity index (χ0) is 7.72. The molecule has 10 heteroatoms. The molecule has 3 nitrogen and oxygen atoms in total. The third kappa shape index (κ3) is 1.36. The third-order valence-corrected chi connectivity index (χ3v) is 4.04. The molecule has 0 aliphatic heterocycles. The minimum atomic E-state index is -3.27. The minimum absolute atomic E-state index is 0.502. The fourth-order valence-corrected chi connectivity index (χ4v) is 3.17. The van der Waals surface area contributed by atoms with Gasteiger partial charge in [-0.05, 0) is 0 Å². The van der Waals surface area contributed by atoms with Gasteiger partial charge in [-0.2, -0.15) is 0 Å². The molecule has 2 atom stereocenters. The Hall–Kier alpha value is 0.0200. The highest BCUT2D eigenvalue weighted by Gasteiger charge is 2.08. The van der Waals surface area contributed by atoms with E-state index in [-0.39, 0.29) is 0 Å². The van der Waals surface area contributed by atoms with E-state index in [0.717, 1.165) is 0 Å². The minimum Gasteiger partial charge on any atom is -0.147 e. The molecule has 1 heterocycles. The summed E-state index contributed by atoms with van der Waals surface area (Å²) < 4.78 is 49.5. The predicted octanol–water partition coefficient (Wildman–Crippen LogP) is 3.29. The highest BCUT2D eigenvalue weighted by molar-refractivity contribution is 7.55. The van der Waals surface area contributed by atoms with Crippen LogP contribution >= 0.6 is 24.8 Å². The summed E-state index contributed by atoms with van der Waals surface area (Å²) in [5.74, 6) is 0. The van der Waals surface area contributed by atoms with Crippen molar-refractivity contribution in [1.29, 1.82) is 0 Å². The summed E-state index contributed by atoms with van der Waals surface area (Å²) in [6, 6.07) is 0. The second-order valence-electron chi connectivity index (χ2n) is 1.14. The summed E-state index contributed by atoms with van der Waals surface area (Å²) in [6.07, 6.45) is 0. The standard InChI is InChI=1S/F4N3P3/c1-6-8-5-9(3)7(2)10(6)4. The average Bonchev–Trinajstić information content (AvgIpc) is 1.93. The normalized spacial score (nSPS) is 14.4. The lowest BCUT2D eigenvalue weighted by Gasteiger charge is -1.96. The van der Waals surface area contributed by atoms with Crippen LogP contribution in [0.4, 0.5) is 17.4 Å². The molecule has 0 fully saturated rings. The molecule has 10 heavy (non-hydrogen) atoms. The van der Waals surface area contributed by atoms with Crippen LogP contribution in [-0.4, -0.2) is 13.1 Å². The van der Waals surface area contributed by atoms with Crippen LogP contribution in [0.15, 0.2) is 0 Å². The van der Waals surface area contributed by atoms with Crippen molar-refractivity contribution in [2.24, 2.45) is 0 Å². The van der Waals surface area contributed by atoms with Gasteiger partial charge in [-0.3, -0.25) is 0 Å². The zero-order valence-electron chi connectivity index (χ0n) is 4.20. The van der Waals surface area contributed by atoms with Gasteiger partial charge in [0.05, 0.1) is 0 Å². The SMILES string of the molecule is Fn1pnp(F)n(F)p1F. The summed E-state index contributed by atoms with van der Waals surface area (Å²) in [7, 11) is -6.74. The lowest BCUT2D eigenvalue weighted by atomic mass is 13.7. The van der Waals surface area contributed by atoms with E-state index in [1.54, 1.807) is 0 Å². The Bertz CT molecular complexity index is 235. The van der Waals surface area contributed by atoms with Crippen LogP contribution in [0.2, 0.25) is 0 Å². The van der Waals surface area contributed by atoms with Crippen LogP contribution in [-0.2, 0) is 0 Å². The summed E-state index contributed by atoms with van der Waals surface area (Å²) in [5, 5.41) is 0. The lowest BCUT2D eigenvalue weighted by Crippen LogP contribution is -1.81. The lowest BCUT2D eigenvalue weighted by molar-refractivity contribution is 0.398. The van der Waals surface area contributed by atoms with Crippen molar-refractivity contribution in [3.63, 3.8) is 0 Å². The largest absolute Gasteiger partial charge is 0.292 e. The molecule has 0 spiro atoms. The molecule has 1 aromatic heterocycles. The van der Waals surface area contributed by atoms with E-state index >= 15 is 0 Å². The van der Waals surface area contributed by atoms with Gasteiger partial charge in [0.1, 0.15) is 0 Å². The highest BCUT2D eigenvalue weighted by atomic mass is 31.2. The molecule has 0 saturated heterocycles. The van der Waals surface area contributed by atoms with E-state index in [1.807, 2.05) is 0 Å². The monoisotopic (exact) mass is 211 g/mol. The maximum Gasteiger partial charge on any atom is 0.292 e. The number of rotatable bonds is 0. The Morgan fingerprint density at radius 2 is 1.90 bits per heavy atom. The number of aromatic nitrogens is 3. The molecule has 1 aromatic rings. The van der Waals surface area contributed by atoms with Gasteiger partial charge in [0.15, 0.2) is 8.51 Å². The second kappa shape index (κ2) is 2.95. The average molecular weight is 211 g/mol. The molecule has 0 aliphatic rings. The van der Waals surface area contributed by atoms with E-state index < -0.39 is 33.5 Å². The van der Waals surface area contributed by atoms with Crippen LogP contribution in [0.5, 0.6) is 0 Å². The van der Waals surface area contributed by atoms with Gasteiger partial charge in [0, 0.05) is 0 Å². The first kappa shape index (κ1) is 8.12. The first-order chi connectivity index (χ1) is 4.63. The molecule has 0 saturated carbocycles. The molecule has 0 radical (unpaired) electrons. The van der Waals surface area contributed by atoms with Crippen LogP contribution in [0, 0.1) is 0 Å². The molecular formula is F4N3P3. The second-order valence-corrected chi connectivity index (χ2v) is 5.03. The Kier molecular flexibility index (Phi) is 2.40. The Morgan fingerprint density at radius 3 is 2.40 bits per heavy atom. The quantitative estimate of drug-likeness (QED) is 0.603. The van der Waals surface area contributed by atoms with Crippen LogP contribution < -0.4 is 0 Å². The molecule has 0 aromatic carbocycles. The first-order valence-electron chi connectivity index (χ1n) is 1.88. The fourth-order valence-electron chi connectivity index (χ4n) is 0.254. The van der Waals surface area contributed by atoms with E-state index in [4.69, 9.17) is 0 Å². The van der Waals surface area contributed by atoms with Crippen LogP contribution in [0.3, 0.4) is 0 Å². The Balaban J connectivity index is 3.34. The molecule has 1 rings (SSSR count). The van der Waals surface area contributed by atoms with Gasteiger partial charge in [-0.1, -0.05) is 17.6 Å². The van der Waals surface area contributed by atoms with Crippen molar-refractivity contribution in [2.75, 3.05) is 0 Å². The number of nitrogens with zero attached hydrogens (tertiary/aromatic N) is 3. The summed E-state index contributed by atoms with van der Waals surface area (Å²) >= 11 is 0. The van der Waals surface area contributed by atoms with Crippen molar-refractivity contribution in [3.8, 4) is 0 Å². The van der Waals surface area contributed by atoms with E-state index in [1.165, 1.54) is 0 Å². The first-order valence-corrected chi connectivity index (χ1v) is 4.95. The zero-order valence-corrected chi connectivity index (χ0v) is 6.88. The van der Waals surface area contributed by atoms with Crippen molar-refractivity contribution >= 4 is 24.8 Å². The molecule has 58 valence electrons. The Morgan fingerprint density at radius 1 is 1.30 bits per heavy atom. The van der Waals surface area contributed by atoms with Gasteiger partial charge >= 0.3 is 0 Å². The van der Waals surface area contributed by atoms with Crippen molar-refractivity contribution in [3.05, 3.63) is 0 Å². The molecule has 0 N–H and O–H groups in total. The summed E-state index contributed by atoms with van der Waals surface area (Å²) in [5.41, 5.74) is 0. The van der Waals surface area contributed by atoms with Crippen molar-refractivity contribution in [1.82, 2.24) is 13.1 Å². The highest BCUT2D eigenvalue weighted by Crippen LogP contribution is 2.40.